The van der Waals surface area contributed by atoms with Crippen molar-refractivity contribution in [3.8, 4) is 0 Å². The van der Waals surface area contributed by atoms with Crippen LogP contribution in [-0.4, -0.2) is 10.9 Å². The van der Waals surface area contributed by atoms with E-state index in [4.69, 9.17) is 11.6 Å². The Labute approximate surface area is 148 Å². The van der Waals surface area contributed by atoms with Gasteiger partial charge in [-0.15, -0.1) is 11.3 Å². The molecule has 1 amide bonds. The number of anilines is 1. The summed E-state index contributed by atoms with van der Waals surface area (Å²) in [6.45, 7) is 1.95. The van der Waals surface area contributed by atoms with E-state index in [9.17, 15) is 9.18 Å². The number of benzene rings is 2. The van der Waals surface area contributed by atoms with Gasteiger partial charge in [-0.1, -0.05) is 35.9 Å². The van der Waals surface area contributed by atoms with Crippen molar-refractivity contribution in [2.75, 3.05) is 5.32 Å². The second kappa shape index (κ2) is 7.11. The topological polar surface area (TPSA) is 42.0 Å². The largest absolute Gasteiger partial charge is 0.298 e. The summed E-state index contributed by atoms with van der Waals surface area (Å²) >= 11 is 7.49. The molecule has 0 saturated carbocycles. The summed E-state index contributed by atoms with van der Waals surface area (Å²) in [4.78, 5) is 17.2. The van der Waals surface area contributed by atoms with E-state index >= 15 is 0 Å². The summed E-state index contributed by atoms with van der Waals surface area (Å²) < 4.78 is 13.6. The molecular weight excluding hydrogens is 347 g/mol. The first-order chi connectivity index (χ1) is 11.5. The molecule has 3 rings (SSSR count). The van der Waals surface area contributed by atoms with Crippen LogP contribution >= 0.6 is 22.9 Å². The third-order valence-corrected chi connectivity index (χ3v) is 4.83. The number of nitrogens with zero attached hydrogens (tertiary/aromatic N) is 1. The Morgan fingerprint density at radius 1 is 1.29 bits per heavy atom. The number of thiazole rings is 1. The smallest absolute Gasteiger partial charge is 0.260 e. The van der Waals surface area contributed by atoms with Crippen LogP contribution in [0.5, 0.6) is 0 Å². The molecular formula is C18H14ClFN2OS. The monoisotopic (exact) mass is 360 g/mol. The first-order valence-electron chi connectivity index (χ1n) is 7.28. The molecule has 0 spiro atoms. The van der Waals surface area contributed by atoms with Crippen LogP contribution in [0.15, 0.2) is 48.7 Å². The molecule has 0 unspecified atom stereocenters. The van der Waals surface area contributed by atoms with Crippen molar-refractivity contribution in [1.29, 1.82) is 0 Å². The first kappa shape index (κ1) is 16.6. The lowest BCUT2D eigenvalue weighted by atomic mass is 10.1. The highest BCUT2D eigenvalue weighted by molar-refractivity contribution is 7.15. The fourth-order valence-electron chi connectivity index (χ4n) is 2.20. The Morgan fingerprint density at radius 2 is 2.08 bits per heavy atom. The molecule has 1 N–H and O–H groups in total. The number of halogens is 2. The zero-order valence-corrected chi connectivity index (χ0v) is 14.4. The van der Waals surface area contributed by atoms with Crippen LogP contribution in [0.1, 0.15) is 26.4 Å². The SMILES string of the molecule is Cc1ccc(Cc2cnc(NC(=O)c3ccccc3F)s2)cc1Cl. The maximum atomic E-state index is 13.6. The number of rotatable bonds is 4. The highest BCUT2D eigenvalue weighted by Crippen LogP contribution is 2.24. The summed E-state index contributed by atoms with van der Waals surface area (Å²) in [5, 5.41) is 3.80. The van der Waals surface area contributed by atoms with Gasteiger partial charge in [-0.05, 0) is 36.2 Å². The van der Waals surface area contributed by atoms with Gasteiger partial charge >= 0.3 is 0 Å². The van der Waals surface area contributed by atoms with E-state index in [1.54, 1.807) is 18.3 Å². The number of aryl methyl sites for hydroxylation is 1. The minimum absolute atomic E-state index is 0.000401. The summed E-state index contributed by atoms with van der Waals surface area (Å²) in [5.41, 5.74) is 2.10. The minimum atomic E-state index is -0.555. The number of carbonyl (C=O) groups excluding carboxylic acids is 1. The van der Waals surface area contributed by atoms with Crippen LogP contribution in [0.25, 0.3) is 0 Å². The van der Waals surface area contributed by atoms with Gasteiger partial charge in [0.05, 0.1) is 5.56 Å². The maximum absolute atomic E-state index is 13.6. The van der Waals surface area contributed by atoms with Crippen LogP contribution in [0, 0.1) is 12.7 Å². The van der Waals surface area contributed by atoms with Crippen molar-refractivity contribution in [2.24, 2.45) is 0 Å². The molecule has 3 aromatic rings. The first-order valence-corrected chi connectivity index (χ1v) is 8.48. The summed E-state index contributed by atoms with van der Waals surface area (Å²) in [6, 6.07) is 11.8. The predicted molar refractivity (Wildman–Crippen MR) is 95.5 cm³/mol. The standard InChI is InChI=1S/C18H14ClFN2OS/c1-11-6-7-12(9-15(11)19)8-13-10-21-18(24-13)22-17(23)14-4-2-3-5-16(14)20/h2-7,9-10H,8H2,1H3,(H,21,22,23). The van der Waals surface area contributed by atoms with E-state index in [2.05, 4.69) is 10.3 Å². The Kier molecular flexibility index (Phi) is 4.92. The van der Waals surface area contributed by atoms with Gasteiger partial charge in [-0.3, -0.25) is 10.1 Å². The van der Waals surface area contributed by atoms with E-state index in [0.717, 1.165) is 21.0 Å². The van der Waals surface area contributed by atoms with Gasteiger partial charge in [0.1, 0.15) is 5.82 Å². The fraction of sp³-hybridized carbons (Fsp3) is 0.111. The maximum Gasteiger partial charge on any atom is 0.260 e. The Hall–Kier alpha value is -2.24. The zero-order chi connectivity index (χ0) is 17.1. The molecule has 0 bridgehead atoms. The van der Waals surface area contributed by atoms with Gasteiger partial charge in [0.2, 0.25) is 0 Å². The lowest BCUT2D eigenvalue weighted by molar-refractivity contribution is 0.102. The van der Waals surface area contributed by atoms with Crippen molar-refractivity contribution in [1.82, 2.24) is 4.98 Å². The van der Waals surface area contributed by atoms with Crippen molar-refractivity contribution in [3.05, 3.63) is 81.1 Å². The predicted octanol–water partition coefficient (Wildman–Crippen LogP) is 5.09. The average molecular weight is 361 g/mol. The number of nitrogens with one attached hydrogen (secondary N) is 1. The number of aromatic nitrogens is 1. The van der Waals surface area contributed by atoms with Crippen LogP contribution in [-0.2, 0) is 6.42 Å². The van der Waals surface area contributed by atoms with Gasteiger partial charge < -0.3 is 0 Å². The normalized spacial score (nSPS) is 10.6. The lowest BCUT2D eigenvalue weighted by Crippen LogP contribution is -2.13. The highest BCUT2D eigenvalue weighted by Gasteiger charge is 2.13. The summed E-state index contributed by atoms with van der Waals surface area (Å²) in [5.74, 6) is -1.06. The summed E-state index contributed by atoms with van der Waals surface area (Å²) in [7, 11) is 0. The fourth-order valence-corrected chi connectivity index (χ4v) is 3.25. The quantitative estimate of drug-likeness (QED) is 0.704. The van der Waals surface area contributed by atoms with Crippen LogP contribution < -0.4 is 5.32 Å². The minimum Gasteiger partial charge on any atom is -0.298 e. The average Bonchev–Trinajstić information content (AvgIpc) is 2.98. The van der Waals surface area contributed by atoms with E-state index in [-0.39, 0.29) is 5.56 Å². The van der Waals surface area contributed by atoms with E-state index in [1.165, 1.54) is 23.5 Å². The molecule has 0 saturated heterocycles. The van der Waals surface area contributed by atoms with E-state index in [0.29, 0.717) is 11.6 Å². The second-order valence-corrected chi connectivity index (χ2v) is 6.85. The number of carbonyl (C=O) groups is 1. The van der Waals surface area contributed by atoms with E-state index in [1.807, 2.05) is 25.1 Å². The van der Waals surface area contributed by atoms with Crippen LogP contribution in [0.3, 0.4) is 0 Å². The number of hydrogen-bond donors (Lipinski definition) is 1. The van der Waals surface area contributed by atoms with Gasteiger partial charge in [0.15, 0.2) is 5.13 Å². The molecule has 0 aliphatic rings. The molecule has 0 aliphatic carbocycles. The second-order valence-electron chi connectivity index (χ2n) is 5.33. The molecule has 24 heavy (non-hydrogen) atoms. The molecule has 0 radical (unpaired) electrons. The Balaban J connectivity index is 1.70. The van der Waals surface area contributed by atoms with Crippen molar-refractivity contribution >= 4 is 34.0 Å². The lowest BCUT2D eigenvalue weighted by Gasteiger charge is -2.03. The Morgan fingerprint density at radius 3 is 2.83 bits per heavy atom. The molecule has 1 aromatic heterocycles. The molecule has 2 aromatic carbocycles. The molecule has 1 heterocycles. The van der Waals surface area contributed by atoms with Gasteiger partial charge in [-0.25, -0.2) is 9.37 Å². The molecule has 6 heteroatoms. The molecule has 0 aliphatic heterocycles. The molecule has 3 nitrogen and oxygen atoms in total. The molecule has 0 atom stereocenters. The summed E-state index contributed by atoms with van der Waals surface area (Å²) in [6.07, 6.45) is 2.38. The Bertz CT molecular complexity index is 894. The molecule has 0 fully saturated rings. The van der Waals surface area contributed by atoms with Crippen LogP contribution in [0.2, 0.25) is 5.02 Å². The zero-order valence-electron chi connectivity index (χ0n) is 12.8. The number of amides is 1. The van der Waals surface area contributed by atoms with Crippen molar-refractivity contribution < 1.29 is 9.18 Å². The third kappa shape index (κ3) is 3.80. The van der Waals surface area contributed by atoms with Crippen molar-refractivity contribution in [2.45, 2.75) is 13.3 Å². The van der Waals surface area contributed by atoms with Crippen LogP contribution in [0.4, 0.5) is 9.52 Å². The third-order valence-electron chi connectivity index (χ3n) is 3.51. The molecule has 122 valence electrons. The van der Waals surface area contributed by atoms with E-state index < -0.39 is 11.7 Å². The van der Waals surface area contributed by atoms with Gasteiger partial charge in [-0.2, -0.15) is 0 Å². The highest BCUT2D eigenvalue weighted by atomic mass is 35.5. The van der Waals surface area contributed by atoms with Gasteiger partial charge in [0, 0.05) is 22.5 Å². The number of hydrogen-bond acceptors (Lipinski definition) is 3. The van der Waals surface area contributed by atoms with Crippen molar-refractivity contribution in [3.63, 3.8) is 0 Å². The van der Waals surface area contributed by atoms with Gasteiger partial charge in [0.25, 0.3) is 5.91 Å².